The van der Waals surface area contributed by atoms with Gasteiger partial charge in [-0.05, 0) is 43.7 Å². The van der Waals surface area contributed by atoms with Gasteiger partial charge in [-0.1, -0.05) is 44.7 Å². The number of aliphatic hydroxyl groups is 4. The first-order chi connectivity index (χ1) is 24.9. The highest BCUT2D eigenvalue weighted by atomic mass is 16.7. The summed E-state index contributed by atoms with van der Waals surface area (Å²) in [5, 5.41) is 46.5. The number of benzene rings is 1. The smallest absolute Gasteiger partial charge is 0.330 e. The van der Waals surface area contributed by atoms with Crippen molar-refractivity contribution in [2.75, 3.05) is 32.5 Å². The fourth-order valence-corrected chi connectivity index (χ4v) is 6.83. The van der Waals surface area contributed by atoms with Gasteiger partial charge in [0.25, 0.3) is 11.5 Å². The molecule has 3 aliphatic rings. The standard InChI is InChI=1S/C35H50N6O11/c1-4-5-6-7-8-9-19-10-12-20(13-11-19)37-31(47)21-14-16-39(2)24(32(48)40(21)3)29(52-34-28(46)25(43)22(18-36)50-34)30-26(44)27(45)33(51-30)41-17-15-23(42)38-35(41)49/h10-15,17,22,24-30,33-34,43-46H,4-9,16,18,36H2,1-3H3,(H,37,47)(H,38,42,49)/t22-,24+,25-,26+,27-,28-,29+,30+,33-,34+/m1/s1. The molecule has 2 fully saturated rings. The molecule has 10 atom stereocenters. The summed E-state index contributed by atoms with van der Waals surface area (Å²) in [6.07, 6.45) is -4.33. The lowest BCUT2D eigenvalue weighted by Gasteiger charge is -2.38. The fraction of sp³-hybridized carbons (Fsp3) is 0.600. The van der Waals surface area contributed by atoms with Crippen molar-refractivity contribution >= 4 is 17.5 Å². The number of nitrogens with two attached hydrogens (primary N) is 1. The van der Waals surface area contributed by atoms with Crippen molar-refractivity contribution in [1.82, 2.24) is 19.4 Å². The van der Waals surface area contributed by atoms with Crippen molar-refractivity contribution in [1.29, 1.82) is 0 Å². The van der Waals surface area contributed by atoms with E-state index in [1.165, 1.54) is 31.2 Å². The molecule has 3 aliphatic heterocycles. The Morgan fingerprint density at radius 3 is 2.35 bits per heavy atom. The second-order valence-corrected chi connectivity index (χ2v) is 13.5. The second-order valence-electron chi connectivity index (χ2n) is 13.5. The van der Waals surface area contributed by atoms with Gasteiger partial charge in [-0.25, -0.2) is 4.79 Å². The zero-order valence-electron chi connectivity index (χ0n) is 29.5. The van der Waals surface area contributed by atoms with Crippen LogP contribution in [0, 0.1) is 0 Å². The maximum Gasteiger partial charge on any atom is 0.330 e. The summed E-state index contributed by atoms with van der Waals surface area (Å²) in [4.78, 5) is 56.9. The maximum absolute atomic E-state index is 14.3. The summed E-state index contributed by atoms with van der Waals surface area (Å²) in [7, 11) is 2.97. The minimum absolute atomic E-state index is 0.0244. The van der Waals surface area contributed by atoms with Crippen molar-refractivity contribution in [3.05, 3.63) is 74.7 Å². The molecule has 0 saturated carbocycles. The molecule has 0 spiro atoms. The summed E-state index contributed by atoms with van der Waals surface area (Å²) >= 11 is 0. The Morgan fingerprint density at radius 2 is 1.69 bits per heavy atom. The third-order valence-electron chi connectivity index (χ3n) is 9.88. The summed E-state index contributed by atoms with van der Waals surface area (Å²) in [5.41, 5.74) is 5.79. The van der Waals surface area contributed by atoms with Crippen LogP contribution >= 0.6 is 0 Å². The topological polar surface area (TPSA) is 242 Å². The molecule has 4 heterocycles. The third-order valence-corrected chi connectivity index (χ3v) is 9.88. The van der Waals surface area contributed by atoms with Crippen LogP contribution in [-0.2, 0) is 30.2 Å². The van der Waals surface area contributed by atoms with E-state index < -0.39 is 84.4 Å². The SMILES string of the molecule is CCCCCCCc1ccc(NC(=O)C2=CCN(C)[C@@H]([C@H](O[C@@H]3O[C@H](CN)[C@@H](O)[C@H]3O)[C@H]3O[C@@H](n4ccc(=O)[nH]c4=O)[C@H](O)[C@@H]3O)C(=O)N2C)cc1. The van der Waals surface area contributed by atoms with Crippen LogP contribution in [0.4, 0.5) is 5.69 Å². The Labute approximate surface area is 300 Å². The molecule has 286 valence electrons. The molecule has 2 amide bonds. The van der Waals surface area contributed by atoms with E-state index in [-0.39, 0.29) is 18.8 Å². The molecule has 2 saturated heterocycles. The fourth-order valence-electron chi connectivity index (χ4n) is 6.83. The van der Waals surface area contributed by atoms with Crippen LogP contribution < -0.4 is 22.3 Å². The van der Waals surface area contributed by atoms with Crippen LogP contribution in [-0.4, -0.2) is 134 Å². The zero-order chi connectivity index (χ0) is 37.7. The summed E-state index contributed by atoms with van der Waals surface area (Å²) < 4.78 is 18.7. The number of aromatic nitrogens is 2. The molecule has 0 aliphatic carbocycles. The van der Waals surface area contributed by atoms with Crippen molar-refractivity contribution in [2.45, 2.75) is 107 Å². The number of likely N-dealkylation sites (N-methyl/N-ethyl adjacent to an activating group) is 2. The highest BCUT2D eigenvalue weighted by Crippen LogP contribution is 2.36. The van der Waals surface area contributed by atoms with Crippen LogP contribution in [0.5, 0.6) is 0 Å². The molecule has 17 heteroatoms. The number of nitrogens with one attached hydrogen (secondary N) is 2. The normalized spacial score (nSPS) is 30.3. The highest BCUT2D eigenvalue weighted by Gasteiger charge is 2.55. The van der Waals surface area contributed by atoms with Gasteiger partial charge in [0.1, 0.15) is 54.5 Å². The Hall–Kier alpha value is -3.78. The van der Waals surface area contributed by atoms with E-state index in [1.807, 2.05) is 12.1 Å². The molecule has 1 aromatic heterocycles. The third kappa shape index (κ3) is 8.54. The number of anilines is 1. The molecule has 5 rings (SSSR count). The average molecular weight is 731 g/mol. The monoisotopic (exact) mass is 730 g/mol. The van der Waals surface area contributed by atoms with E-state index in [4.69, 9.17) is 19.9 Å². The van der Waals surface area contributed by atoms with Gasteiger partial charge in [0.15, 0.2) is 12.5 Å². The maximum atomic E-state index is 14.3. The van der Waals surface area contributed by atoms with E-state index >= 15 is 0 Å². The van der Waals surface area contributed by atoms with Crippen LogP contribution in [0.25, 0.3) is 0 Å². The number of rotatable bonds is 14. The molecule has 1 aromatic carbocycles. The second kappa shape index (κ2) is 17.4. The first-order valence-electron chi connectivity index (χ1n) is 17.6. The minimum atomic E-state index is -1.77. The van der Waals surface area contributed by atoms with Crippen molar-refractivity contribution in [2.24, 2.45) is 5.73 Å². The number of ether oxygens (including phenoxy) is 3. The lowest BCUT2D eigenvalue weighted by Crippen LogP contribution is -2.59. The van der Waals surface area contributed by atoms with Crippen molar-refractivity contribution < 1.29 is 44.2 Å². The Bertz CT molecular complexity index is 1680. The van der Waals surface area contributed by atoms with Crippen LogP contribution in [0.3, 0.4) is 0 Å². The van der Waals surface area contributed by atoms with E-state index in [0.717, 1.165) is 46.6 Å². The van der Waals surface area contributed by atoms with Gasteiger partial charge < -0.3 is 50.6 Å². The summed E-state index contributed by atoms with van der Waals surface area (Å²) in [6.45, 7) is 2.03. The number of aryl methyl sites for hydroxylation is 1. The quantitative estimate of drug-likeness (QED) is 0.113. The van der Waals surface area contributed by atoms with Crippen LogP contribution in [0.1, 0.15) is 50.8 Å². The van der Waals surface area contributed by atoms with Gasteiger partial charge in [-0.15, -0.1) is 0 Å². The van der Waals surface area contributed by atoms with Gasteiger partial charge >= 0.3 is 5.69 Å². The number of amides is 2. The number of aliphatic hydroxyl groups excluding tert-OH is 4. The van der Waals surface area contributed by atoms with Gasteiger partial charge in [0.05, 0.1) is 0 Å². The number of hydrogen-bond acceptors (Lipinski definition) is 13. The predicted molar refractivity (Wildman–Crippen MR) is 187 cm³/mol. The molecule has 0 unspecified atom stereocenters. The summed E-state index contributed by atoms with van der Waals surface area (Å²) in [5.74, 6) is -1.23. The number of carbonyl (C=O) groups is 2. The average Bonchev–Trinajstić information content (AvgIpc) is 3.52. The van der Waals surface area contributed by atoms with E-state index in [0.29, 0.717) is 5.69 Å². The molecule has 52 heavy (non-hydrogen) atoms. The van der Waals surface area contributed by atoms with E-state index in [1.54, 1.807) is 25.3 Å². The molecule has 0 radical (unpaired) electrons. The van der Waals surface area contributed by atoms with Gasteiger partial charge in [0.2, 0.25) is 5.91 Å². The first kappa shape index (κ1) is 39.4. The summed E-state index contributed by atoms with van der Waals surface area (Å²) in [6, 6.07) is 7.22. The number of hydrogen-bond donors (Lipinski definition) is 7. The van der Waals surface area contributed by atoms with Crippen LogP contribution in [0.15, 0.2) is 57.9 Å². The molecule has 2 aromatic rings. The van der Waals surface area contributed by atoms with Gasteiger partial charge in [-0.3, -0.25) is 28.8 Å². The van der Waals surface area contributed by atoms with E-state index in [9.17, 15) is 39.6 Å². The number of aromatic amines is 1. The number of H-pyrrole nitrogens is 1. The van der Waals surface area contributed by atoms with Gasteiger partial charge in [-0.2, -0.15) is 0 Å². The van der Waals surface area contributed by atoms with Crippen molar-refractivity contribution in [3.63, 3.8) is 0 Å². The zero-order valence-corrected chi connectivity index (χ0v) is 29.5. The van der Waals surface area contributed by atoms with Gasteiger partial charge in [0, 0.05) is 38.1 Å². The highest BCUT2D eigenvalue weighted by molar-refractivity contribution is 6.06. The molecule has 0 bridgehead atoms. The molecule has 8 N–H and O–H groups in total. The predicted octanol–water partition coefficient (Wildman–Crippen LogP) is -1.25. The molecule has 17 nitrogen and oxygen atoms in total. The number of nitrogens with zero attached hydrogens (tertiary/aromatic N) is 3. The first-order valence-corrected chi connectivity index (χ1v) is 17.6. The lowest BCUT2D eigenvalue weighted by atomic mass is 9.97. The lowest BCUT2D eigenvalue weighted by molar-refractivity contribution is -0.232. The Kier molecular flexibility index (Phi) is 13.2. The Morgan fingerprint density at radius 1 is 0.981 bits per heavy atom. The Balaban J connectivity index is 1.37. The van der Waals surface area contributed by atoms with E-state index in [2.05, 4.69) is 17.2 Å². The minimum Gasteiger partial charge on any atom is -0.387 e. The van der Waals surface area contributed by atoms with Crippen molar-refractivity contribution in [3.8, 4) is 0 Å². The largest absolute Gasteiger partial charge is 0.387 e. The number of carbonyl (C=O) groups excluding carboxylic acids is 2. The number of unbranched alkanes of at least 4 members (excludes halogenated alkanes) is 4. The molecular weight excluding hydrogens is 680 g/mol. The van der Waals surface area contributed by atoms with Crippen LogP contribution in [0.2, 0.25) is 0 Å². The molecular formula is C35H50N6O11.